The van der Waals surface area contributed by atoms with Gasteiger partial charge in [-0.15, -0.1) is 11.8 Å². The number of hydrogen-bond acceptors (Lipinski definition) is 4. The molecule has 0 aliphatic carbocycles. The van der Waals surface area contributed by atoms with Gasteiger partial charge >= 0.3 is 0 Å². The van der Waals surface area contributed by atoms with Crippen molar-refractivity contribution in [1.82, 2.24) is 10.3 Å². The van der Waals surface area contributed by atoms with Crippen LogP contribution in [0.25, 0.3) is 0 Å². The fraction of sp³-hybridized carbons (Fsp3) is 0.278. The van der Waals surface area contributed by atoms with Gasteiger partial charge in [-0.05, 0) is 42.7 Å². The summed E-state index contributed by atoms with van der Waals surface area (Å²) < 4.78 is 0. The zero-order chi connectivity index (χ0) is 16.9. The van der Waals surface area contributed by atoms with Gasteiger partial charge in [0.2, 0.25) is 11.8 Å². The molecule has 1 aliphatic rings. The number of benzene rings is 1. The fourth-order valence-corrected chi connectivity index (χ4v) is 3.13. The minimum atomic E-state index is -0.318. The maximum absolute atomic E-state index is 12.3. The SMILES string of the molecule is CSc1ccc(N2CC(C(=O)NCc3ccccn3)CC2=O)cc1. The Morgan fingerprint density at radius 1 is 1.29 bits per heavy atom. The van der Waals surface area contributed by atoms with Gasteiger partial charge in [-0.1, -0.05) is 6.07 Å². The molecule has 1 fully saturated rings. The first-order valence-electron chi connectivity index (χ1n) is 7.79. The van der Waals surface area contributed by atoms with Crippen LogP contribution in [0, 0.1) is 5.92 Å². The molecule has 1 aromatic carbocycles. The molecule has 3 rings (SSSR count). The molecule has 1 N–H and O–H groups in total. The van der Waals surface area contributed by atoms with E-state index in [0.717, 1.165) is 16.3 Å². The number of hydrogen-bond donors (Lipinski definition) is 1. The van der Waals surface area contributed by atoms with Crippen LogP contribution in [-0.2, 0) is 16.1 Å². The number of anilines is 1. The van der Waals surface area contributed by atoms with Crippen molar-refractivity contribution in [3.63, 3.8) is 0 Å². The van der Waals surface area contributed by atoms with Gasteiger partial charge in [0.15, 0.2) is 0 Å². The molecule has 1 saturated heterocycles. The second-order valence-electron chi connectivity index (χ2n) is 5.64. The monoisotopic (exact) mass is 341 g/mol. The third-order valence-corrected chi connectivity index (χ3v) is 4.79. The molecule has 5 nitrogen and oxygen atoms in total. The van der Waals surface area contributed by atoms with Crippen molar-refractivity contribution in [2.75, 3.05) is 17.7 Å². The van der Waals surface area contributed by atoms with Crippen LogP contribution in [0.5, 0.6) is 0 Å². The van der Waals surface area contributed by atoms with E-state index in [-0.39, 0.29) is 24.2 Å². The van der Waals surface area contributed by atoms with Crippen LogP contribution < -0.4 is 10.2 Å². The molecule has 0 bridgehead atoms. The summed E-state index contributed by atoms with van der Waals surface area (Å²) >= 11 is 1.66. The number of carbonyl (C=O) groups excluding carboxylic acids is 2. The van der Waals surface area contributed by atoms with Gasteiger partial charge in [-0.25, -0.2) is 0 Å². The Morgan fingerprint density at radius 2 is 2.08 bits per heavy atom. The van der Waals surface area contributed by atoms with Gasteiger partial charge in [0, 0.05) is 29.7 Å². The van der Waals surface area contributed by atoms with Gasteiger partial charge < -0.3 is 10.2 Å². The van der Waals surface area contributed by atoms with Crippen molar-refractivity contribution < 1.29 is 9.59 Å². The van der Waals surface area contributed by atoms with Crippen molar-refractivity contribution >= 4 is 29.3 Å². The first-order chi connectivity index (χ1) is 11.7. The molecule has 24 heavy (non-hydrogen) atoms. The highest BCUT2D eigenvalue weighted by Crippen LogP contribution is 2.27. The lowest BCUT2D eigenvalue weighted by atomic mass is 10.1. The molecule has 0 spiro atoms. The maximum atomic E-state index is 12.3. The highest BCUT2D eigenvalue weighted by Gasteiger charge is 2.34. The Balaban J connectivity index is 1.60. The van der Waals surface area contributed by atoms with E-state index in [4.69, 9.17) is 0 Å². The van der Waals surface area contributed by atoms with Gasteiger partial charge in [0.25, 0.3) is 0 Å². The van der Waals surface area contributed by atoms with Crippen molar-refractivity contribution in [1.29, 1.82) is 0 Å². The minimum absolute atomic E-state index is 0.00936. The summed E-state index contributed by atoms with van der Waals surface area (Å²) in [6.45, 7) is 0.804. The maximum Gasteiger partial charge on any atom is 0.227 e. The summed E-state index contributed by atoms with van der Waals surface area (Å²) in [5.41, 5.74) is 1.65. The quantitative estimate of drug-likeness (QED) is 0.849. The average molecular weight is 341 g/mol. The number of nitrogens with one attached hydrogen (secondary N) is 1. The Kier molecular flexibility index (Phi) is 5.15. The van der Waals surface area contributed by atoms with E-state index in [2.05, 4.69) is 10.3 Å². The van der Waals surface area contributed by atoms with Crippen LogP contribution >= 0.6 is 11.8 Å². The number of amides is 2. The molecule has 2 amide bonds. The Labute approximate surface area is 145 Å². The predicted octanol–water partition coefficient (Wildman–Crippen LogP) is 2.47. The van der Waals surface area contributed by atoms with Gasteiger partial charge in [0.05, 0.1) is 18.2 Å². The van der Waals surface area contributed by atoms with Gasteiger partial charge in [-0.3, -0.25) is 14.6 Å². The first-order valence-corrected chi connectivity index (χ1v) is 9.02. The van der Waals surface area contributed by atoms with Gasteiger partial charge in [-0.2, -0.15) is 0 Å². The topological polar surface area (TPSA) is 62.3 Å². The molecular formula is C18H19N3O2S. The summed E-state index contributed by atoms with van der Waals surface area (Å²) in [6, 6.07) is 13.4. The molecule has 1 aliphatic heterocycles. The highest BCUT2D eigenvalue weighted by molar-refractivity contribution is 7.98. The average Bonchev–Trinajstić information content (AvgIpc) is 3.02. The summed E-state index contributed by atoms with van der Waals surface area (Å²) in [7, 11) is 0. The van der Waals surface area contributed by atoms with Crippen LogP contribution in [0.3, 0.4) is 0 Å². The molecule has 0 saturated carbocycles. The number of rotatable bonds is 5. The minimum Gasteiger partial charge on any atom is -0.350 e. The number of pyridine rings is 1. The van der Waals surface area contributed by atoms with E-state index in [1.165, 1.54) is 0 Å². The number of carbonyl (C=O) groups is 2. The van der Waals surface area contributed by atoms with E-state index in [9.17, 15) is 9.59 Å². The number of nitrogens with zero attached hydrogens (tertiary/aromatic N) is 2. The van der Waals surface area contributed by atoms with E-state index >= 15 is 0 Å². The normalized spacial score (nSPS) is 17.1. The Morgan fingerprint density at radius 3 is 2.75 bits per heavy atom. The number of thioether (sulfide) groups is 1. The van der Waals surface area contributed by atoms with Crippen molar-refractivity contribution in [3.8, 4) is 0 Å². The summed E-state index contributed by atoms with van der Waals surface area (Å²) in [5.74, 6) is -0.427. The van der Waals surface area contributed by atoms with E-state index < -0.39 is 0 Å². The third-order valence-electron chi connectivity index (χ3n) is 4.05. The van der Waals surface area contributed by atoms with Crippen LogP contribution in [0.15, 0.2) is 53.6 Å². The second-order valence-corrected chi connectivity index (χ2v) is 6.52. The molecule has 1 unspecified atom stereocenters. The van der Waals surface area contributed by atoms with Crippen LogP contribution in [0.1, 0.15) is 12.1 Å². The van der Waals surface area contributed by atoms with Crippen molar-refractivity contribution in [3.05, 3.63) is 54.4 Å². The van der Waals surface area contributed by atoms with Crippen molar-refractivity contribution in [2.45, 2.75) is 17.9 Å². The molecule has 0 radical (unpaired) electrons. The van der Waals surface area contributed by atoms with E-state index in [0.29, 0.717) is 13.1 Å². The molecule has 1 atom stereocenters. The molecule has 124 valence electrons. The smallest absolute Gasteiger partial charge is 0.227 e. The highest BCUT2D eigenvalue weighted by atomic mass is 32.2. The molecule has 1 aromatic heterocycles. The third kappa shape index (κ3) is 3.76. The predicted molar refractivity (Wildman–Crippen MR) is 94.8 cm³/mol. The van der Waals surface area contributed by atoms with Crippen LogP contribution in [-0.4, -0.2) is 29.6 Å². The fourth-order valence-electron chi connectivity index (χ4n) is 2.72. The number of aromatic nitrogens is 1. The lowest BCUT2D eigenvalue weighted by Crippen LogP contribution is -2.32. The Hall–Kier alpha value is -2.34. The Bertz CT molecular complexity index is 719. The molecule has 2 aromatic rings. The zero-order valence-corrected chi connectivity index (χ0v) is 14.3. The summed E-state index contributed by atoms with van der Waals surface area (Å²) in [6.07, 6.45) is 3.96. The van der Waals surface area contributed by atoms with Gasteiger partial charge in [0.1, 0.15) is 0 Å². The lowest BCUT2D eigenvalue weighted by molar-refractivity contribution is -0.126. The van der Waals surface area contributed by atoms with E-state index in [1.54, 1.807) is 22.9 Å². The summed E-state index contributed by atoms with van der Waals surface area (Å²) in [4.78, 5) is 31.6. The first kappa shape index (κ1) is 16.5. The second kappa shape index (κ2) is 7.49. The van der Waals surface area contributed by atoms with Crippen LogP contribution in [0.4, 0.5) is 5.69 Å². The largest absolute Gasteiger partial charge is 0.350 e. The summed E-state index contributed by atoms with van der Waals surface area (Å²) in [5, 5.41) is 2.87. The van der Waals surface area contributed by atoms with Crippen molar-refractivity contribution in [2.24, 2.45) is 5.92 Å². The molecule has 2 heterocycles. The molecular weight excluding hydrogens is 322 g/mol. The van der Waals surface area contributed by atoms with E-state index in [1.807, 2.05) is 48.7 Å². The lowest BCUT2D eigenvalue weighted by Gasteiger charge is -2.17. The zero-order valence-electron chi connectivity index (χ0n) is 13.4. The standard InChI is InChI=1S/C18H19N3O2S/c1-24-16-7-5-15(6-8-16)21-12-13(10-17(21)22)18(23)20-11-14-4-2-3-9-19-14/h2-9,13H,10-12H2,1H3,(H,20,23). The molecule has 6 heteroatoms. The van der Waals surface area contributed by atoms with Crippen LogP contribution in [0.2, 0.25) is 0 Å².